The first kappa shape index (κ1) is 14.1. The highest BCUT2D eigenvalue weighted by Crippen LogP contribution is 2.29. The fourth-order valence-electron chi connectivity index (χ4n) is 2.83. The average molecular weight is 305 g/mol. The van der Waals surface area contributed by atoms with Crippen molar-refractivity contribution in [2.24, 2.45) is 0 Å². The quantitative estimate of drug-likeness (QED) is 0.692. The molecule has 110 valence electrons. The summed E-state index contributed by atoms with van der Waals surface area (Å²) >= 11 is 6.08. The molecular formula is C15H17ClN4O. The highest BCUT2D eigenvalue weighted by molar-refractivity contribution is 6.16. The average Bonchev–Trinajstić information content (AvgIpc) is 2.98. The van der Waals surface area contributed by atoms with Crippen molar-refractivity contribution in [2.75, 3.05) is 0 Å². The van der Waals surface area contributed by atoms with Crippen LogP contribution in [0.2, 0.25) is 0 Å². The van der Waals surface area contributed by atoms with Crippen LogP contribution < -0.4 is 0 Å². The van der Waals surface area contributed by atoms with Crippen LogP contribution >= 0.6 is 11.6 Å². The molecule has 0 saturated carbocycles. The Balaban J connectivity index is 2.25. The number of rotatable bonds is 3. The SMILES string of the molecule is Cc1ccc2nc(CCl)n(C(C)c3c(C)noc3C)c2n1. The molecule has 0 amide bonds. The lowest BCUT2D eigenvalue weighted by molar-refractivity contribution is 0.391. The number of pyridine rings is 1. The van der Waals surface area contributed by atoms with E-state index in [1.165, 1.54) is 0 Å². The summed E-state index contributed by atoms with van der Waals surface area (Å²) in [5, 5.41) is 4.04. The highest BCUT2D eigenvalue weighted by Gasteiger charge is 2.23. The molecule has 21 heavy (non-hydrogen) atoms. The Bertz CT molecular complexity index is 786. The number of nitrogens with zero attached hydrogens (tertiary/aromatic N) is 4. The normalized spacial score (nSPS) is 13.0. The smallest absolute Gasteiger partial charge is 0.160 e. The molecule has 0 fully saturated rings. The van der Waals surface area contributed by atoms with Crippen LogP contribution in [0, 0.1) is 20.8 Å². The molecular weight excluding hydrogens is 288 g/mol. The topological polar surface area (TPSA) is 56.7 Å². The van der Waals surface area contributed by atoms with Crippen molar-refractivity contribution in [3.8, 4) is 0 Å². The monoisotopic (exact) mass is 304 g/mol. The third-order valence-electron chi connectivity index (χ3n) is 3.76. The van der Waals surface area contributed by atoms with Crippen molar-refractivity contribution >= 4 is 22.8 Å². The van der Waals surface area contributed by atoms with E-state index >= 15 is 0 Å². The summed E-state index contributed by atoms with van der Waals surface area (Å²) in [7, 11) is 0. The van der Waals surface area contributed by atoms with Crippen molar-refractivity contribution in [3.63, 3.8) is 0 Å². The van der Waals surface area contributed by atoms with Gasteiger partial charge >= 0.3 is 0 Å². The van der Waals surface area contributed by atoms with E-state index in [1.54, 1.807) is 0 Å². The Morgan fingerprint density at radius 3 is 2.62 bits per heavy atom. The largest absolute Gasteiger partial charge is 0.361 e. The third-order valence-corrected chi connectivity index (χ3v) is 4.00. The van der Waals surface area contributed by atoms with Gasteiger partial charge in [0.05, 0.1) is 17.6 Å². The van der Waals surface area contributed by atoms with Gasteiger partial charge in [0.25, 0.3) is 0 Å². The van der Waals surface area contributed by atoms with E-state index in [2.05, 4.69) is 26.6 Å². The number of fused-ring (bicyclic) bond motifs is 1. The van der Waals surface area contributed by atoms with Gasteiger partial charge in [0.15, 0.2) is 5.65 Å². The maximum atomic E-state index is 6.08. The number of hydrogen-bond acceptors (Lipinski definition) is 4. The Hall–Kier alpha value is -1.88. The minimum absolute atomic E-state index is 0.0179. The summed E-state index contributed by atoms with van der Waals surface area (Å²) in [5.74, 6) is 1.95. The fourth-order valence-corrected chi connectivity index (χ4v) is 3.02. The predicted molar refractivity (Wildman–Crippen MR) is 81.6 cm³/mol. The predicted octanol–water partition coefficient (Wildman–Crippen LogP) is 3.69. The zero-order chi connectivity index (χ0) is 15.1. The lowest BCUT2D eigenvalue weighted by Gasteiger charge is -2.16. The first-order valence-electron chi connectivity index (χ1n) is 6.86. The van der Waals surface area contributed by atoms with Crippen LogP contribution in [-0.2, 0) is 5.88 Å². The van der Waals surface area contributed by atoms with Crippen LogP contribution in [0.3, 0.4) is 0 Å². The highest BCUT2D eigenvalue weighted by atomic mass is 35.5. The first-order valence-corrected chi connectivity index (χ1v) is 7.39. The standard InChI is InChI=1S/C15H17ClN4O/c1-8-5-6-12-15(17-8)20(13(7-16)18-12)10(3)14-9(2)19-21-11(14)4/h5-6,10H,7H2,1-4H3. The van der Waals surface area contributed by atoms with E-state index in [-0.39, 0.29) is 6.04 Å². The van der Waals surface area contributed by atoms with Gasteiger partial charge in [0.2, 0.25) is 0 Å². The molecule has 0 aliphatic carbocycles. The van der Waals surface area contributed by atoms with E-state index in [0.29, 0.717) is 5.88 Å². The van der Waals surface area contributed by atoms with Gasteiger partial charge in [0.1, 0.15) is 17.1 Å². The van der Waals surface area contributed by atoms with Gasteiger partial charge in [-0.05, 0) is 39.8 Å². The van der Waals surface area contributed by atoms with Gasteiger partial charge < -0.3 is 9.09 Å². The lowest BCUT2D eigenvalue weighted by atomic mass is 10.1. The van der Waals surface area contributed by atoms with Crippen LogP contribution in [0.15, 0.2) is 16.7 Å². The molecule has 0 bridgehead atoms. The molecule has 3 aromatic rings. The molecule has 0 aliphatic rings. The third kappa shape index (κ3) is 2.21. The summed E-state index contributed by atoms with van der Waals surface area (Å²) < 4.78 is 7.36. The van der Waals surface area contributed by atoms with Gasteiger partial charge in [-0.3, -0.25) is 0 Å². The first-order chi connectivity index (χ1) is 10.0. The molecule has 3 rings (SSSR count). The molecule has 3 aromatic heterocycles. The van der Waals surface area contributed by atoms with E-state index in [4.69, 9.17) is 16.1 Å². The van der Waals surface area contributed by atoms with Crippen molar-refractivity contribution in [3.05, 3.63) is 40.7 Å². The van der Waals surface area contributed by atoms with Crippen LogP contribution in [0.25, 0.3) is 11.2 Å². The second kappa shape index (κ2) is 5.15. The van der Waals surface area contributed by atoms with Crippen LogP contribution in [0.4, 0.5) is 0 Å². The van der Waals surface area contributed by atoms with Crippen LogP contribution in [0.1, 0.15) is 41.5 Å². The number of hydrogen-bond donors (Lipinski definition) is 0. The maximum Gasteiger partial charge on any atom is 0.160 e. The Morgan fingerprint density at radius 2 is 2.00 bits per heavy atom. The second-order valence-corrected chi connectivity index (χ2v) is 5.51. The zero-order valence-electron chi connectivity index (χ0n) is 12.5. The van der Waals surface area contributed by atoms with E-state index in [1.807, 2.05) is 32.9 Å². The van der Waals surface area contributed by atoms with E-state index < -0.39 is 0 Å². The van der Waals surface area contributed by atoms with Crippen molar-refractivity contribution in [1.82, 2.24) is 19.7 Å². The number of aromatic nitrogens is 4. The van der Waals surface area contributed by atoms with Gasteiger partial charge in [-0.15, -0.1) is 11.6 Å². The summed E-state index contributed by atoms with van der Waals surface area (Å²) in [4.78, 5) is 9.21. The van der Waals surface area contributed by atoms with Gasteiger partial charge in [0, 0.05) is 11.3 Å². The minimum Gasteiger partial charge on any atom is -0.361 e. The molecule has 0 aliphatic heterocycles. The second-order valence-electron chi connectivity index (χ2n) is 5.24. The maximum absolute atomic E-state index is 6.08. The summed E-state index contributed by atoms with van der Waals surface area (Å²) in [6, 6.07) is 3.95. The summed E-state index contributed by atoms with van der Waals surface area (Å²) in [6.07, 6.45) is 0. The Kier molecular flexibility index (Phi) is 3.45. The van der Waals surface area contributed by atoms with Crippen molar-refractivity contribution < 1.29 is 4.52 Å². The molecule has 0 spiro atoms. The van der Waals surface area contributed by atoms with Crippen molar-refractivity contribution in [2.45, 2.75) is 39.6 Å². The van der Waals surface area contributed by atoms with Gasteiger partial charge in [-0.25, -0.2) is 9.97 Å². The molecule has 0 radical (unpaired) electrons. The lowest BCUT2D eigenvalue weighted by Crippen LogP contribution is -2.12. The van der Waals surface area contributed by atoms with Crippen LogP contribution in [0.5, 0.6) is 0 Å². The zero-order valence-corrected chi connectivity index (χ0v) is 13.3. The summed E-state index contributed by atoms with van der Waals surface area (Å²) in [5.41, 5.74) is 4.60. The molecule has 1 atom stereocenters. The molecule has 1 unspecified atom stereocenters. The number of alkyl halides is 1. The molecule has 0 N–H and O–H groups in total. The molecule has 0 aromatic carbocycles. The van der Waals surface area contributed by atoms with E-state index in [9.17, 15) is 0 Å². The molecule has 3 heterocycles. The van der Waals surface area contributed by atoms with Crippen LogP contribution in [-0.4, -0.2) is 19.7 Å². The Labute approximate surface area is 127 Å². The summed E-state index contributed by atoms with van der Waals surface area (Å²) in [6.45, 7) is 7.93. The number of halogens is 1. The minimum atomic E-state index is 0.0179. The van der Waals surface area contributed by atoms with Gasteiger partial charge in [-0.2, -0.15) is 0 Å². The van der Waals surface area contributed by atoms with E-state index in [0.717, 1.165) is 39.7 Å². The molecule has 5 nitrogen and oxygen atoms in total. The van der Waals surface area contributed by atoms with Crippen molar-refractivity contribution in [1.29, 1.82) is 0 Å². The number of aryl methyl sites for hydroxylation is 3. The number of imidazole rings is 1. The molecule has 0 saturated heterocycles. The Morgan fingerprint density at radius 1 is 1.24 bits per heavy atom. The fraction of sp³-hybridized carbons (Fsp3) is 0.400. The molecule has 6 heteroatoms. The van der Waals surface area contributed by atoms with Gasteiger partial charge in [-0.1, -0.05) is 5.16 Å².